The lowest BCUT2D eigenvalue weighted by molar-refractivity contribution is -0.129. The van der Waals surface area contributed by atoms with Gasteiger partial charge < -0.3 is 9.47 Å². The number of halogens is 1. The molecule has 4 nitrogen and oxygen atoms in total. The van der Waals surface area contributed by atoms with Crippen LogP contribution in [0.5, 0.6) is 11.5 Å². The Hall–Kier alpha value is -5.55. The first-order valence-electron chi connectivity index (χ1n) is 12.7. The minimum Gasteiger partial charge on any atom is -0.423 e. The second kappa shape index (κ2) is 14.0. The Labute approximate surface area is 238 Å². The van der Waals surface area contributed by atoms with Gasteiger partial charge in [0.2, 0.25) is 0 Å². The van der Waals surface area contributed by atoms with Crippen LogP contribution in [0.2, 0.25) is 0 Å². The van der Waals surface area contributed by atoms with Crippen molar-refractivity contribution in [1.29, 1.82) is 0 Å². The molecule has 0 unspecified atom stereocenters. The highest BCUT2D eigenvalue weighted by Gasteiger charge is 2.05. The molecular formula is C36H27FO4. The summed E-state index contributed by atoms with van der Waals surface area (Å²) in [6, 6.07) is 27.1. The standard InChI is InChI=1S/C36H27FO4/c1-3-35(38)40-32-10-7-8-28(24-32)17-16-26-12-14-27(15-13-26)18-21-30-22-19-29(25-33(30)37)20-23-31-9-5-6-11-34(31)41-36(39)4-2/h3-25H,1-2H2. The van der Waals surface area contributed by atoms with Gasteiger partial charge >= 0.3 is 11.9 Å². The Bertz CT molecular complexity index is 1660. The average Bonchev–Trinajstić information content (AvgIpc) is 2.99. The van der Waals surface area contributed by atoms with E-state index in [1.807, 2.05) is 66.8 Å². The van der Waals surface area contributed by atoms with Gasteiger partial charge in [-0.15, -0.1) is 0 Å². The van der Waals surface area contributed by atoms with E-state index in [0.29, 0.717) is 28.2 Å². The van der Waals surface area contributed by atoms with Crippen LogP contribution in [0.15, 0.2) is 116 Å². The van der Waals surface area contributed by atoms with Crippen LogP contribution in [0.3, 0.4) is 0 Å². The predicted octanol–water partition coefficient (Wildman–Crippen LogP) is 8.52. The molecule has 0 spiro atoms. The molecule has 0 aromatic heterocycles. The lowest BCUT2D eigenvalue weighted by atomic mass is 10.1. The van der Waals surface area contributed by atoms with E-state index in [1.54, 1.807) is 54.6 Å². The van der Waals surface area contributed by atoms with Gasteiger partial charge in [-0.25, -0.2) is 14.0 Å². The van der Waals surface area contributed by atoms with Gasteiger partial charge in [-0.05, 0) is 46.5 Å². The fraction of sp³-hybridized carbons (Fsp3) is 0. The van der Waals surface area contributed by atoms with Crippen molar-refractivity contribution in [3.05, 3.63) is 156 Å². The molecular weight excluding hydrogens is 515 g/mol. The summed E-state index contributed by atoms with van der Waals surface area (Å²) in [6.45, 7) is 6.81. The van der Waals surface area contributed by atoms with Gasteiger partial charge in [-0.2, -0.15) is 0 Å². The third kappa shape index (κ3) is 8.47. The molecule has 0 radical (unpaired) electrons. The van der Waals surface area contributed by atoms with Crippen LogP contribution in [0.4, 0.5) is 4.39 Å². The summed E-state index contributed by atoms with van der Waals surface area (Å²) in [6.07, 6.45) is 13.2. The number of hydrogen-bond acceptors (Lipinski definition) is 4. The molecule has 0 amide bonds. The molecule has 0 saturated heterocycles. The Morgan fingerprint density at radius 3 is 1.83 bits per heavy atom. The molecule has 4 rings (SSSR count). The van der Waals surface area contributed by atoms with Crippen LogP contribution in [0, 0.1) is 5.82 Å². The van der Waals surface area contributed by atoms with Crippen LogP contribution in [-0.4, -0.2) is 11.9 Å². The molecule has 5 heteroatoms. The monoisotopic (exact) mass is 542 g/mol. The molecule has 0 N–H and O–H groups in total. The fourth-order valence-corrected chi connectivity index (χ4v) is 3.77. The Balaban J connectivity index is 1.39. The van der Waals surface area contributed by atoms with E-state index in [1.165, 1.54) is 6.07 Å². The SMILES string of the molecule is C=CC(=O)Oc1cccc(C=Cc2ccc(C=Cc3ccc(C=Cc4ccccc4OC(=O)C=C)cc3F)cc2)c1. The van der Waals surface area contributed by atoms with Crippen molar-refractivity contribution in [2.75, 3.05) is 0 Å². The molecule has 0 heterocycles. The van der Waals surface area contributed by atoms with Gasteiger partial charge in [0.1, 0.15) is 17.3 Å². The van der Waals surface area contributed by atoms with Crippen LogP contribution < -0.4 is 9.47 Å². The number of benzene rings is 4. The second-order valence-corrected chi connectivity index (χ2v) is 8.81. The maximum Gasteiger partial charge on any atom is 0.335 e. The van der Waals surface area contributed by atoms with E-state index < -0.39 is 11.9 Å². The highest BCUT2D eigenvalue weighted by atomic mass is 19.1. The molecule has 4 aromatic carbocycles. The first-order valence-corrected chi connectivity index (χ1v) is 12.7. The van der Waals surface area contributed by atoms with Crippen molar-refractivity contribution in [2.24, 2.45) is 0 Å². The second-order valence-electron chi connectivity index (χ2n) is 8.81. The van der Waals surface area contributed by atoms with Crippen molar-refractivity contribution in [3.8, 4) is 11.5 Å². The van der Waals surface area contributed by atoms with Crippen molar-refractivity contribution < 1.29 is 23.5 Å². The molecule has 0 aliphatic carbocycles. The smallest absolute Gasteiger partial charge is 0.335 e. The number of rotatable bonds is 10. The molecule has 0 aliphatic rings. The molecule has 0 fully saturated rings. The zero-order valence-corrected chi connectivity index (χ0v) is 22.2. The maximum atomic E-state index is 14.8. The van der Waals surface area contributed by atoms with Crippen molar-refractivity contribution in [3.63, 3.8) is 0 Å². The van der Waals surface area contributed by atoms with E-state index in [0.717, 1.165) is 28.8 Å². The summed E-state index contributed by atoms with van der Waals surface area (Å²) in [5.74, 6) is -0.554. The van der Waals surface area contributed by atoms with Gasteiger partial charge in [0, 0.05) is 23.3 Å². The van der Waals surface area contributed by atoms with Crippen LogP contribution in [0.1, 0.15) is 33.4 Å². The Morgan fingerprint density at radius 1 is 0.561 bits per heavy atom. The number of carbonyl (C=O) groups is 2. The molecule has 0 aliphatic heterocycles. The van der Waals surface area contributed by atoms with Crippen molar-refractivity contribution in [1.82, 2.24) is 0 Å². The van der Waals surface area contributed by atoms with Gasteiger partial charge in [0.05, 0.1) is 0 Å². The lowest BCUT2D eigenvalue weighted by Gasteiger charge is -2.05. The van der Waals surface area contributed by atoms with E-state index in [9.17, 15) is 14.0 Å². The van der Waals surface area contributed by atoms with E-state index in [-0.39, 0.29) is 5.82 Å². The zero-order chi connectivity index (χ0) is 29.0. The number of para-hydroxylation sites is 1. The Morgan fingerprint density at radius 2 is 1.12 bits per heavy atom. The molecule has 0 bridgehead atoms. The topological polar surface area (TPSA) is 52.6 Å². The van der Waals surface area contributed by atoms with Gasteiger partial charge in [-0.3, -0.25) is 0 Å². The number of hydrogen-bond donors (Lipinski definition) is 0. The van der Waals surface area contributed by atoms with Gasteiger partial charge in [-0.1, -0.05) is 116 Å². The normalized spacial score (nSPS) is 11.1. The van der Waals surface area contributed by atoms with Crippen LogP contribution in [0.25, 0.3) is 36.5 Å². The molecule has 0 saturated carbocycles. The first-order chi connectivity index (χ1) is 19.9. The van der Waals surface area contributed by atoms with Crippen LogP contribution in [-0.2, 0) is 9.59 Å². The number of carbonyl (C=O) groups excluding carboxylic acids is 2. The summed E-state index contributed by atoms with van der Waals surface area (Å²) in [4.78, 5) is 23.0. The summed E-state index contributed by atoms with van der Waals surface area (Å²) in [5, 5.41) is 0. The first kappa shape index (κ1) is 28.5. The minimum absolute atomic E-state index is 0.352. The molecule has 202 valence electrons. The highest BCUT2D eigenvalue weighted by Crippen LogP contribution is 2.22. The zero-order valence-electron chi connectivity index (χ0n) is 22.2. The van der Waals surface area contributed by atoms with E-state index in [2.05, 4.69) is 13.2 Å². The third-order valence-corrected chi connectivity index (χ3v) is 5.88. The molecule has 41 heavy (non-hydrogen) atoms. The Kier molecular flexibility index (Phi) is 9.73. The van der Waals surface area contributed by atoms with Gasteiger partial charge in [0.25, 0.3) is 0 Å². The highest BCUT2D eigenvalue weighted by molar-refractivity contribution is 5.85. The van der Waals surface area contributed by atoms with Crippen molar-refractivity contribution in [2.45, 2.75) is 0 Å². The third-order valence-electron chi connectivity index (χ3n) is 5.88. The minimum atomic E-state index is -0.546. The van der Waals surface area contributed by atoms with Gasteiger partial charge in [0.15, 0.2) is 0 Å². The summed E-state index contributed by atoms with van der Waals surface area (Å²) >= 11 is 0. The predicted molar refractivity (Wildman–Crippen MR) is 164 cm³/mol. The van der Waals surface area contributed by atoms with Crippen LogP contribution >= 0.6 is 0 Å². The van der Waals surface area contributed by atoms with E-state index in [4.69, 9.17) is 9.47 Å². The summed E-state index contributed by atoms with van der Waals surface area (Å²) in [5.41, 5.74) is 4.62. The number of esters is 2. The molecule has 4 aromatic rings. The largest absolute Gasteiger partial charge is 0.423 e. The molecule has 0 atom stereocenters. The van der Waals surface area contributed by atoms with E-state index >= 15 is 0 Å². The fourth-order valence-electron chi connectivity index (χ4n) is 3.77. The lowest BCUT2D eigenvalue weighted by Crippen LogP contribution is -2.03. The average molecular weight is 543 g/mol. The van der Waals surface area contributed by atoms with Crippen molar-refractivity contribution >= 4 is 48.4 Å². The maximum absolute atomic E-state index is 14.8. The quantitative estimate of drug-likeness (QED) is 0.0872. The number of ether oxygens (including phenoxy) is 2. The summed E-state index contributed by atoms with van der Waals surface area (Å²) < 4.78 is 25.2. The summed E-state index contributed by atoms with van der Waals surface area (Å²) in [7, 11) is 0.